The molecule has 2 aromatic carbocycles. The number of imidazole rings is 1. The molecule has 4 aromatic rings. The molecule has 6 rings (SSSR count). The number of benzene rings is 2. The lowest BCUT2D eigenvalue weighted by molar-refractivity contribution is -0.143. The summed E-state index contributed by atoms with van der Waals surface area (Å²) in [7, 11) is 0. The maximum atomic E-state index is 14.4. The highest BCUT2D eigenvalue weighted by Gasteiger charge is 2.35. The average Bonchev–Trinajstić information content (AvgIpc) is 3.34. The number of hydrogen-bond acceptors (Lipinski definition) is 5. The second-order valence-electron chi connectivity index (χ2n) is 11.5. The van der Waals surface area contributed by atoms with Gasteiger partial charge in [-0.25, -0.2) is 9.37 Å². The Hall–Kier alpha value is -3.94. The summed E-state index contributed by atoms with van der Waals surface area (Å²) >= 11 is 0. The molecule has 2 aliphatic rings. The Labute approximate surface area is 240 Å². The molecule has 8 heteroatoms. The number of carbonyl (C=O) groups is 1. The van der Waals surface area contributed by atoms with Gasteiger partial charge in [0.25, 0.3) is 0 Å². The molecule has 41 heavy (non-hydrogen) atoms. The first-order chi connectivity index (χ1) is 20.0. The van der Waals surface area contributed by atoms with Crippen molar-refractivity contribution in [3.05, 3.63) is 83.2 Å². The standard InChI is InChI=1S/C33H37FN4O3/c1-22-17-28(34)30(35-19-22)21-41-25-13-14-29-31(18-25)38(32(36-29)26-7-3-4-8-27(26)33(39)40)20-23-9-11-24(12-10-23)37-15-5-2-6-16-37/h9-14,17-19,26-27H,2-8,15-16,20-21H2,1H3,(H,39,40)/t26-,27+/m0/s1. The third-order valence-electron chi connectivity index (χ3n) is 8.59. The Kier molecular flexibility index (Phi) is 7.90. The number of aryl methyl sites for hydroxylation is 1. The lowest BCUT2D eigenvalue weighted by Gasteiger charge is -2.29. The van der Waals surface area contributed by atoms with Crippen molar-refractivity contribution in [1.29, 1.82) is 0 Å². The van der Waals surface area contributed by atoms with Gasteiger partial charge in [-0.15, -0.1) is 0 Å². The van der Waals surface area contributed by atoms with Crippen molar-refractivity contribution < 1.29 is 19.0 Å². The predicted molar refractivity (Wildman–Crippen MR) is 157 cm³/mol. The summed E-state index contributed by atoms with van der Waals surface area (Å²) in [4.78, 5) is 23.9. The minimum atomic E-state index is -0.754. The Morgan fingerprint density at radius 3 is 2.56 bits per heavy atom. The van der Waals surface area contributed by atoms with Crippen LogP contribution in [0.5, 0.6) is 5.75 Å². The molecule has 1 saturated carbocycles. The van der Waals surface area contributed by atoms with Crippen LogP contribution in [0, 0.1) is 18.7 Å². The van der Waals surface area contributed by atoms with Crippen LogP contribution in [0.2, 0.25) is 0 Å². The molecular formula is C33H37FN4O3. The summed E-state index contributed by atoms with van der Waals surface area (Å²) in [6.07, 6.45) is 8.77. The Balaban J connectivity index is 1.33. The molecule has 2 atom stereocenters. The van der Waals surface area contributed by atoms with Crippen LogP contribution < -0.4 is 9.64 Å². The third kappa shape index (κ3) is 5.92. The molecule has 2 fully saturated rings. The largest absolute Gasteiger partial charge is 0.487 e. The van der Waals surface area contributed by atoms with E-state index in [0.717, 1.165) is 60.3 Å². The number of pyridine rings is 1. The van der Waals surface area contributed by atoms with E-state index in [0.29, 0.717) is 18.7 Å². The van der Waals surface area contributed by atoms with Crippen LogP contribution in [0.4, 0.5) is 10.1 Å². The van der Waals surface area contributed by atoms with Gasteiger partial charge in [-0.1, -0.05) is 25.0 Å². The van der Waals surface area contributed by atoms with Gasteiger partial charge in [0.05, 0.1) is 17.0 Å². The molecule has 1 aliphatic heterocycles. The summed E-state index contributed by atoms with van der Waals surface area (Å²) in [6.45, 7) is 4.58. The van der Waals surface area contributed by atoms with Crippen LogP contribution >= 0.6 is 0 Å². The molecule has 0 bridgehead atoms. The number of ether oxygens (including phenoxy) is 1. The lowest BCUT2D eigenvalue weighted by atomic mass is 9.78. The molecule has 0 unspecified atom stereocenters. The highest BCUT2D eigenvalue weighted by molar-refractivity contribution is 5.79. The van der Waals surface area contributed by atoms with Gasteiger partial charge in [0.1, 0.15) is 29.7 Å². The zero-order chi connectivity index (χ0) is 28.3. The molecule has 3 heterocycles. The first-order valence-corrected chi connectivity index (χ1v) is 14.8. The minimum absolute atomic E-state index is 0.0142. The highest BCUT2D eigenvalue weighted by Crippen LogP contribution is 2.39. The van der Waals surface area contributed by atoms with Crippen LogP contribution in [0.3, 0.4) is 0 Å². The molecule has 0 spiro atoms. The zero-order valence-electron chi connectivity index (χ0n) is 23.6. The molecule has 1 N–H and O–H groups in total. The molecule has 1 aliphatic carbocycles. The van der Waals surface area contributed by atoms with E-state index in [4.69, 9.17) is 9.72 Å². The van der Waals surface area contributed by atoms with Crippen LogP contribution in [0.15, 0.2) is 54.7 Å². The van der Waals surface area contributed by atoms with Crippen molar-refractivity contribution in [3.8, 4) is 5.75 Å². The van der Waals surface area contributed by atoms with E-state index in [9.17, 15) is 14.3 Å². The second-order valence-corrected chi connectivity index (χ2v) is 11.5. The van der Waals surface area contributed by atoms with Crippen LogP contribution in [0.25, 0.3) is 11.0 Å². The number of halogens is 1. The normalized spacial score (nSPS) is 19.4. The fourth-order valence-corrected chi connectivity index (χ4v) is 6.36. The van der Waals surface area contributed by atoms with Gasteiger partial charge in [0, 0.05) is 43.5 Å². The van der Waals surface area contributed by atoms with Crippen molar-refractivity contribution in [2.24, 2.45) is 5.92 Å². The van der Waals surface area contributed by atoms with E-state index in [1.54, 1.807) is 13.1 Å². The monoisotopic (exact) mass is 556 g/mol. The topological polar surface area (TPSA) is 80.5 Å². The van der Waals surface area contributed by atoms with E-state index in [1.165, 1.54) is 31.0 Å². The van der Waals surface area contributed by atoms with Gasteiger partial charge in [-0.2, -0.15) is 0 Å². The highest BCUT2D eigenvalue weighted by atomic mass is 19.1. The Bertz CT molecular complexity index is 1530. The first-order valence-electron chi connectivity index (χ1n) is 14.8. The number of carboxylic acid groups (broad SMARTS) is 1. The van der Waals surface area contributed by atoms with Gasteiger partial charge < -0.3 is 19.3 Å². The Morgan fingerprint density at radius 1 is 1.02 bits per heavy atom. The molecular weight excluding hydrogens is 519 g/mol. The fraction of sp³-hybridized carbons (Fsp3) is 0.424. The molecule has 1 saturated heterocycles. The van der Waals surface area contributed by atoms with Crippen molar-refractivity contribution in [1.82, 2.24) is 14.5 Å². The number of hydrogen-bond donors (Lipinski definition) is 1. The molecule has 0 radical (unpaired) electrons. The quantitative estimate of drug-likeness (QED) is 0.256. The summed E-state index contributed by atoms with van der Waals surface area (Å²) in [6, 6.07) is 15.8. The van der Waals surface area contributed by atoms with E-state index in [2.05, 4.69) is 38.7 Å². The number of aromatic nitrogens is 3. The average molecular weight is 557 g/mol. The summed E-state index contributed by atoms with van der Waals surface area (Å²) in [5.41, 5.74) is 5.07. The van der Waals surface area contributed by atoms with Crippen molar-refractivity contribution in [2.75, 3.05) is 18.0 Å². The third-order valence-corrected chi connectivity index (χ3v) is 8.59. The molecule has 7 nitrogen and oxygen atoms in total. The Morgan fingerprint density at radius 2 is 1.80 bits per heavy atom. The number of nitrogens with zero attached hydrogens (tertiary/aromatic N) is 4. The fourth-order valence-electron chi connectivity index (χ4n) is 6.36. The number of anilines is 1. The zero-order valence-corrected chi connectivity index (χ0v) is 23.6. The summed E-state index contributed by atoms with van der Waals surface area (Å²) < 4.78 is 22.5. The SMILES string of the molecule is Cc1cnc(COc2ccc3nc([C@H]4CCCC[C@H]4C(=O)O)n(Cc4ccc(N5CCCCC5)cc4)c3c2)c(F)c1. The van der Waals surface area contributed by atoms with Crippen molar-refractivity contribution in [2.45, 2.75) is 70.9 Å². The van der Waals surface area contributed by atoms with Gasteiger partial charge in [-0.05, 0) is 80.5 Å². The summed E-state index contributed by atoms with van der Waals surface area (Å²) in [5.74, 6) is -0.343. The number of rotatable bonds is 8. The van der Waals surface area contributed by atoms with Gasteiger partial charge in [0.2, 0.25) is 0 Å². The first kappa shape index (κ1) is 27.2. The number of aliphatic carboxylic acids is 1. The number of piperidine rings is 1. The number of fused-ring (bicyclic) bond motifs is 1. The predicted octanol–water partition coefficient (Wildman–Crippen LogP) is 6.85. The lowest BCUT2D eigenvalue weighted by Crippen LogP contribution is -2.29. The second kappa shape index (κ2) is 11.9. The molecule has 214 valence electrons. The van der Waals surface area contributed by atoms with Crippen LogP contribution in [-0.4, -0.2) is 38.7 Å². The van der Waals surface area contributed by atoms with E-state index >= 15 is 0 Å². The van der Waals surface area contributed by atoms with E-state index < -0.39 is 11.9 Å². The molecule has 0 amide bonds. The van der Waals surface area contributed by atoms with Crippen LogP contribution in [0.1, 0.15) is 73.5 Å². The van der Waals surface area contributed by atoms with E-state index in [-0.39, 0.29) is 24.0 Å². The molecule has 2 aromatic heterocycles. The van der Waals surface area contributed by atoms with Crippen LogP contribution in [-0.2, 0) is 17.9 Å². The van der Waals surface area contributed by atoms with Crippen molar-refractivity contribution in [3.63, 3.8) is 0 Å². The van der Waals surface area contributed by atoms with Crippen molar-refractivity contribution >= 4 is 22.7 Å². The maximum absolute atomic E-state index is 14.4. The van der Waals surface area contributed by atoms with E-state index in [1.807, 2.05) is 18.2 Å². The van der Waals surface area contributed by atoms with Gasteiger partial charge in [0.15, 0.2) is 0 Å². The minimum Gasteiger partial charge on any atom is -0.487 e. The van der Waals surface area contributed by atoms with Gasteiger partial charge >= 0.3 is 5.97 Å². The summed E-state index contributed by atoms with van der Waals surface area (Å²) in [5, 5.41) is 10.0. The number of carboxylic acids is 1. The maximum Gasteiger partial charge on any atom is 0.307 e. The smallest absolute Gasteiger partial charge is 0.307 e. The van der Waals surface area contributed by atoms with Gasteiger partial charge in [-0.3, -0.25) is 9.78 Å².